The molecule has 0 atom stereocenters. The summed E-state index contributed by atoms with van der Waals surface area (Å²) in [7, 11) is 0. The van der Waals surface area contributed by atoms with Gasteiger partial charge in [-0.15, -0.1) is 0 Å². The molecule has 164 valence electrons. The Labute approximate surface area is 205 Å². The number of fused-ring (bicyclic) bond motifs is 5. The van der Waals surface area contributed by atoms with Gasteiger partial charge in [-0.25, -0.2) is 0 Å². The van der Waals surface area contributed by atoms with Crippen molar-refractivity contribution in [3.8, 4) is 33.8 Å². The Kier molecular flexibility index (Phi) is 3.91. The highest BCUT2D eigenvalue weighted by atomic mass is 32.2. The first-order valence-corrected chi connectivity index (χ1v) is 12.5. The average Bonchev–Trinajstić information content (AvgIpc) is 3.54. The van der Waals surface area contributed by atoms with Crippen molar-refractivity contribution < 1.29 is 8.83 Å². The van der Waals surface area contributed by atoms with Gasteiger partial charge in [0.2, 0.25) is 0 Å². The van der Waals surface area contributed by atoms with Crippen LogP contribution in [-0.4, -0.2) is 0 Å². The first-order valence-electron chi connectivity index (χ1n) is 11.7. The van der Waals surface area contributed by atoms with Crippen molar-refractivity contribution in [2.45, 2.75) is 9.79 Å². The molecule has 0 saturated heterocycles. The van der Waals surface area contributed by atoms with Crippen molar-refractivity contribution in [2.75, 3.05) is 0 Å². The van der Waals surface area contributed by atoms with Crippen molar-refractivity contribution in [1.82, 2.24) is 0 Å². The Morgan fingerprint density at radius 3 is 2.26 bits per heavy atom. The predicted molar refractivity (Wildman–Crippen MR) is 144 cm³/mol. The molecule has 0 amide bonds. The highest BCUT2D eigenvalue weighted by Crippen LogP contribution is 2.49. The van der Waals surface area contributed by atoms with Crippen molar-refractivity contribution >= 4 is 44.5 Å². The fourth-order valence-electron chi connectivity index (χ4n) is 5.34. The summed E-state index contributed by atoms with van der Waals surface area (Å²) < 4.78 is 12.5. The minimum atomic E-state index is 0.844. The first kappa shape index (κ1) is 19.1. The third-order valence-corrected chi connectivity index (χ3v) is 8.05. The van der Waals surface area contributed by atoms with E-state index in [1.165, 1.54) is 31.7 Å². The molecule has 8 rings (SSSR count). The molecule has 0 saturated carbocycles. The number of hydrogen-bond acceptors (Lipinski definition) is 3. The second-order valence-corrected chi connectivity index (χ2v) is 10.00. The molecular formula is C32H18O2S. The van der Waals surface area contributed by atoms with E-state index < -0.39 is 0 Å². The van der Waals surface area contributed by atoms with Crippen LogP contribution in [0.1, 0.15) is 0 Å². The lowest BCUT2D eigenvalue weighted by Gasteiger charge is -2.20. The van der Waals surface area contributed by atoms with Crippen molar-refractivity contribution in [1.29, 1.82) is 0 Å². The lowest BCUT2D eigenvalue weighted by molar-refractivity contribution is 0.598. The molecule has 0 spiro atoms. The zero-order valence-electron chi connectivity index (χ0n) is 18.6. The van der Waals surface area contributed by atoms with E-state index in [1.54, 1.807) is 0 Å². The van der Waals surface area contributed by atoms with E-state index in [2.05, 4.69) is 78.9 Å². The van der Waals surface area contributed by atoms with Crippen LogP contribution in [0.4, 0.5) is 0 Å². The zero-order chi connectivity index (χ0) is 22.9. The van der Waals surface area contributed by atoms with Gasteiger partial charge >= 0.3 is 0 Å². The van der Waals surface area contributed by atoms with Gasteiger partial charge in [-0.3, -0.25) is 0 Å². The maximum absolute atomic E-state index is 6.47. The van der Waals surface area contributed by atoms with Crippen LogP contribution >= 0.6 is 11.8 Å². The smallest absolute Gasteiger partial charge is 0.136 e. The maximum Gasteiger partial charge on any atom is 0.136 e. The summed E-state index contributed by atoms with van der Waals surface area (Å²) in [4.78, 5) is 2.60. The van der Waals surface area contributed by atoms with Crippen molar-refractivity contribution in [3.63, 3.8) is 0 Å². The normalized spacial score (nSPS) is 12.5. The molecule has 7 aromatic rings. The van der Waals surface area contributed by atoms with E-state index in [1.807, 2.05) is 42.1 Å². The molecule has 3 heterocycles. The largest absolute Gasteiger partial charge is 0.456 e. The third kappa shape index (κ3) is 2.79. The Hall–Kier alpha value is -4.21. The van der Waals surface area contributed by atoms with E-state index in [4.69, 9.17) is 8.83 Å². The van der Waals surface area contributed by atoms with Crippen LogP contribution in [-0.2, 0) is 0 Å². The zero-order valence-corrected chi connectivity index (χ0v) is 19.4. The highest BCUT2D eigenvalue weighted by Gasteiger charge is 2.20. The van der Waals surface area contributed by atoms with Crippen LogP contribution < -0.4 is 0 Å². The predicted octanol–water partition coefficient (Wildman–Crippen LogP) is 9.80. The van der Waals surface area contributed by atoms with E-state index >= 15 is 0 Å². The standard InChI is InChI=1S/C32H18O2S/c1-2-11-26-22(8-1)32-23(10-5-12-28(32)34-26)27-16-15-25(33-27)20-14-17-29-24(18-20)21-9-3-6-19-7-4-13-30(35-29)31(19)21/h1-18H. The summed E-state index contributed by atoms with van der Waals surface area (Å²) in [6.45, 7) is 0. The average molecular weight is 467 g/mol. The van der Waals surface area contributed by atoms with E-state index in [-0.39, 0.29) is 0 Å². The molecule has 0 radical (unpaired) electrons. The second kappa shape index (κ2) is 7.14. The molecule has 3 heteroatoms. The number of furan rings is 2. The van der Waals surface area contributed by atoms with Crippen LogP contribution in [0.15, 0.2) is 128 Å². The molecule has 0 unspecified atom stereocenters. The number of benzene rings is 5. The molecule has 0 N–H and O–H groups in total. The number of rotatable bonds is 2. The van der Waals surface area contributed by atoms with E-state index in [9.17, 15) is 0 Å². The second-order valence-electron chi connectivity index (χ2n) is 8.91. The minimum absolute atomic E-state index is 0.844. The minimum Gasteiger partial charge on any atom is -0.456 e. The molecule has 5 aromatic carbocycles. The lowest BCUT2D eigenvalue weighted by atomic mass is 9.96. The summed E-state index contributed by atoms with van der Waals surface area (Å²) in [5.74, 6) is 1.71. The van der Waals surface area contributed by atoms with Crippen LogP contribution in [0.25, 0.3) is 66.5 Å². The lowest BCUT2D eigenvalue weighted by Crippen LogP contribution is -1.93. The fraction of sp³-hybridized carbons (Fsp3) is 0. The Morgan fingerprint density at radius 1 is 0.486 bits per heavy atom. The quantitative estimate of drug-likeness (QED) is 0.254. The van der Waals surface area contributed by atoms with Crippen LogP contribution in [0.2, 0.25) is 0 Å². The van der Waals surface area contributed by atoms with Crippen LogP contribution in [0.3, 0.4) is 0 Å². The first-order chi connectivity index (χ1) is 17.3. The summed E-state index contributed by atoms with van der Waals surface area (Å²) >= 11 is 1.84. The van der Waals surface area contributed by atoms with Gasteiger partial charge in [-0.05, 0) is 59.0 Å². The highest BCUT2D eigenvalue weighted by molar-refractivity contribution is 7.99. The number of para-hydroxylation sites is 1. The summed E-state index contributed by atoms with van der Waals surface area (Å²) in [5.41, 5.74) is 6.44. The molecule has 1 aliphatic rings. The maximum atomic E-state index is 6.47. The monoisotopic (exact) mass is 466 g/mol. The molecule has 35 heavy (non-hydrogen) atoms. The Bertz CT molecular complexity index is 1930. The molecule has 0 aliphatic carbocycles. The Morgan fingerprint density at radius 2 is 1.29 bits per heavy atom. The molecular weight excluding hydrogens is 448 g/mol. The SMILES string of the molecule is c1cc2c3c(cccc3c1)-c1cc(-c3ccc(-c4cccc5oc6ccccc6c45)o3)ccc1S2. The van der Waals surface area contributed by atoms with E-state index in [0.717, 1.165) is 44.6 Å². The van der Waals surface area contributed by atoms with Gasteiger partial charge in [0.1, 0.15) is 22.7 Å². The molecule has 0 fully saturated rings. The van der Waals surface area contributed by atoms with Gasteiger partial charge in [0, 0.05) is 37.1 Å². The van der Waals surface area contributed by atoms with E-state index in [0.29, 0.717) is 0 Å². The van der Waals surface area contributed by atoms with Crippen molar-refractivity contribution in [3.05, 3.63) is 109 Å². The summed E-state index contributed by atoms with van der Waals surface area (Å²) in [5, 5.41) is 4.82. The van der Waals surface area contributed by atoms with Gasteiger partial charge < -0.3 is 8.83 Å². The topological polar surface area (TPSA) is 26.3 Å². The third-order valence-electron chi connectivity index (χ3n) is 6.91. The molecule has 2 nitrogen and oxygen atoms in total. The molecule has 2 aromatic heterocycles. The van der Waals surface area contributed by atoms with Gasteiger partial charge in [-0.1, -0.05) is 78.5 Å². The van der Waals surface area contributed by atoms with Gasteiger partial charge in [-0.2, -0.15) is 0 Å². The summed E-state index contributed by atoms with van der Waals surface area (Å²) in [6.07, 6.45) is 0. The van der Waals surface area contributed by atoms with Gasteiger partial charge in [0.25, 0.3) is 0 Å². The molecule has 0 bridgehead atoms. The fourth-order valence-corrected chi connectivity index (χ4v) is 6.46. The number of hydrogen-bond donors (Lipinski definition) is 0. The van der Waals surface area contributed by atoms with Gasteiger partial charge in [0.15, 0.2) is 0 Å². The Balaban J connectivity index is 1.27. The van der Waals surface area contributed by atoms with Gasteiger partial charge in [0.05, 0.1) is 0 Å². The van der Waals surface area contributed by atoms with Crippen LogP contribution in [0.5, 0.6) is 0 Å². The molecule has 1 aliphatic heterocycles. The van der Waals surface area contributed by atoms with Crippen molar-refractivity contribution in [2.24, 2.45) is 0 Å². The van der Waals surface area contributed by atoms with Crippen LogP contribution in [0, 0.1) is 0 Å². The summed E-state index contributed by atoms with van der Waals surface area (Å²) in [6, 6.07) is 38.2.